The third-order valence-electron chi connectivity index (χ3n) is 3.60. The molecule has 18 heavy (non-hydrogen) atoms. The Kier molecular flexibility index (Phi) is 4.01. The van der Waals surface area contributed by atoms with E-state index >= 15 is 0 Å². The van der Waals surface area contributed by atoms with Gasteiger partial charge in [0.2, 0.25) is 0 Å². The quantitative estimate of drug-likeness (QED) is 0.853. The number of amides is 1. The van der Waals surface area contributed by atoms with Crippen molar-refractivity contribution in [2.75, 3.05) is 13.1 Å². The van der Waals surface area contributed by atoms with Crippen molar-refractivity contribution >= 4 is 5.91 Å². The summed E-state index contributed by atoms with van der Waals surface area (Å²) in [5, 5.41) is 7.05. The Hall–Kier alpha value is -1.36. The monoisotopic (exact) mass is 250 g/mol. The molecule has 0 aromatic carbocycles. The molecule has 0 bridgehead atoms. The first-order valence-corrected chi connectivity index (χ1v) is 6.69. The molecule has 1 aromatic heterocycles. The maximum absolute atomic E-state index is 12.4. The Labute approximate surface area is 108 Å². The number of piperidine rings is 1. The van der Waals surface area contributed by atoms with E-state index in [0.29, 0.717) is 18.2 Å². The summed E-state index contributed by atoms with van der Waals surface area (Å²) >= 11 is 0. The van der Waals surface area contributed by atoms with Crippen LogP contribution in [0.15, 0.2) is 6.07 Å². The molecule has 2 rings (SSSR count). The SMILES string of the molecule is CC(C)c1cc(C(=O)N2CCCCC2CN)n[nH]1. The number of nitrogens with one attached hydrogen (secondary N) is 1. The minimum Gasteiger partial charge on any atom is -0.333 e. The highest BCUT2D eigenvalue weighted by Crippen LogP contribution is 2.19. The lowest BCUT2D eigenvalue weighted by Crippen LogP contribution is -2.47. The molecule has 1 atom stereocenters. The number of nitrogens with two attached hydrogens (primary N) is 1. The van der Waals surface area contributed by atoms with E-state index in [4.69, 9.17) is 5.73 Å². The molecule has 2 heterocycles. The first-order valence-electron chi connectivity index (χ1n) is 6.69. The van der Waals surface area contributed by atoms with Crippen LogP contribution >= 0.6 is 0 Å². The largest absolute Gasteiger partial charge is 0.333 e. The Morgan fingerprint density at radius 2 is 2.39 bits per heavy atom. The molecule has 1 aromatic rings. The molecule has 1 aliphatic heterocycles. The van der Waals surface area contributed by atoms with E-state index in [0.717, 1.165) is 31.5 Å². The molecule has 5 heteroatoms. The van der Waals surface area contributed by atoms with Gasteiger partial charge in [0.1, 0.15) is 5.69 Å². The first kappa shape index (κ1) is 13.1. The van der Waals surface area contributed by atoms with Gasteiger partial charge in [-0.25, -0.2) is 0 Å². The zero-order valence-corrected chi connectivity index (χ0v) is 11.1. The highest BCUT2D eigenvalue weighted by molar-refractivity contribution is 5.92. The molecule has 3 N–H and O–H groups in total. The molecule has 1 amide bonds. The normalized spacial score (nSPS) is 20.4. The Bertz CT molecular complexity index is 413. The molecule has 1 fully saturated rings. The van der Waals surface area contributed by atoms with Crippen molar-refractivity contribution in [3.8, 4) is 0 Å². The fraction of sp³-hybridized carbons (Fsp3) is 0.692. The summed E-state index contributed by atoms with van der Waals surface area (Å²) in [5.74, 6) is 0.360. The Morgan fingerprint density at radius 3 is 3.00 bits per heavy atom. The molecule has 0 aliphatic carbocycles. The predicted octanol–water partition coefficient (Wildman–Crippen LogP) is 1.49. The topological polar surface area (TPSA) is 75.0 Å². The number of rotatable bonds is 3. The minimum absolute atomic E-state index is 0.00769. The maximum Gasteiger partial charge on any atom is 0.274 e. The van der Waals surface area contributed by atoms with Gasteiger partial charge in [0.25, 0.3) is 5.91 Å². The van der Waals surface area contributed by atoms with Crippen LogP contribution in [-0.2, 0) is 0 Å². The lowest BCUT2D eigenvalue weighted by atomic mass is 10.0. The summed E-state index contributed by atoms with van der Waals surface area (Å²) in [6, 6.07) is 2.03. The first-order chi connectivity index (χ1) is 8.63. The van der Waals surface area contributed by atoms with Crippen molar-refractivity contribution in [1.82, 2.24) is 15.1 Å². The number of likely N-dealkylation sites (tertiary alicyclic amines) is 1. The molecule has 0 spiro atoms. The maximum atomic E-state index is 12.4. The van der Waals surface area contributed by atoms with Crippen LogP contribution in [0.25, 0.3) is 0 Å². The number of carbonyl (C=O) groups is 1. The Morgan fingerprint density at radius 1 is 1.61 bits per heavy atom. The van der Waals surface area contributed by atoms with Gasteiger partial charge in [0.15, 0.2) is 0 Å². The van der Waals surface area contributed by atoms with E-state index in [1.165, 1.54) is 0 Å². The Balaban J connectivity index is 2.13. The molecule has 5 nitrogen and oxygen atoms in total. The van der Waals surface area contributed by atoms with E-state index in [9.17, 15) is 4.79 Å². The fourth-order valence-electron chi connectivity index (χ4n) is 2.40. The number of carbonyl (C=O) groups excluding carboxylic acids is 1. The lowest BCUT2D eigenvalue weighted by molar-refractivity contribution is 0.0617. The number of hydrogen-bond acceptors (Lipinski definition) is 3. The molecule has 0 radical (unpaired) electrons. The molecular weight excluding hydrogens is 228 g/mol. The van der Waals surface area contributed by atoms with Crippen molar-refractivity contribution in [3.63, 3.8) is 0 Å². The highest BCUT2D eigenvalue weighted by Gasteiger charge is 2.27. The van der Waals surface area contributed by atoms with Gasteiger partial charge in [-0.1, -0.05) is 13.8 Å². The second-order valence-corrected chi connectivity index (χ2v) is 5.25. The minimum atomic E-state index is 0.00769. The summed E-state index contributed by atoms with van der Waals surface area (Å²) < 4.78 is 0. The third kappa shape index (κ3) is 2.56. The number of hydrogen-bond donors (Lipinski definition) is 2. The van der Waals surface area contributed by atoms with Gasteiger partial charge in [-0.2, -0.15) is 5.10 Å². The van der Waals surface area contributed by atoms with Crippen molar-refractivity contribution in [3.05, 3.63) is 17.5 Å². The van der Waals surface area contributed by atoms with Crippen molar-refractivity contribution in [2.24, 2.45) is 5.73 Å². The van der Waals surface area contributed by atoms with Crippen LogP contribution in [0.4, 0.5) is 0 Å². The van der Waals surface area contributed by atoms with Crippen molar-refractivity contribution in [2.45, 2.75) is 45.1 Å². The fourth-order valence-corrected chi connectivity index (χ4v) is 2.40. The van der Waals surface area contributed by atoms with Gasteiger partial charge in [-0.05, 0) is 31.2 Å². The van der Waals surface area contributed by atoms with E-state index in [1.54, 1.807) is 0 Å². The van der Waals surface area contributed by atoms with Crippen LogP contribution in [0, 0.1) is 0 Å². The summed E-state index contributed by atoms with van der Waals surface area (Å²) in [4.78, 5) is 14.3. The van der Waals surface area contributed by atoms with Crippen molar-refractivity contribution < 1.29 is 4.79 Å². The molecule has 1 unspecified atom stereocenters. The summed E-state index contributed by atoms with van der Waals surface area (Å²) in [7, 11) is 0. The summed E-state index contributed by atoms with van der Waals surface area (Å²) in [5.41, 5.74) is 7.25. The van der Waals surface area contributed by atoms with Gasteiger partial charge in [-0.3, -0.25) is 9.89 Å². The van der Waals surface area contributed by atoms with Gasteiger partial charge >= 0.3 is 0 Å². The van der Waals surface area contributed by atoms with E-state index in [2.05, 4.69) is 24.0 Å². The number of H-pyrrole nitrogens is 1. The predicted molar refractivity (Wildman–Crippen MR) is 70.4 cm³/mol. The molecule has 100 valence electrons. The van der Waals surface area contributed by atoms with E-state index < -0.39 is 0 Å². The van der Waals surface area contributed by atoms with Gasteiger partial charge in [0.05, 0.1) is 0 Å². The molecule has 1 saturated heterocycles. The van der Waals surface area contributed by atoms with Gasteiger partial charge in [-0.15, -0.1) is 0 Å². The summed E-state index contributed by atoms with van der Waals surface area (Å²) in [6.45, 7) is 5.48. The van der Waals surface area contributed by atoms with Crippen LogP contribution in [0.2, 0.25) is 0 Å². The van der Waals surface area contributed by atoms with Crippen LogP contribution in [0.3, 0.4) is 0 Å². The molecule has 0 saturated carbocycles. The average Bonchev–Trinajstić information content (AvgIpc) is 2.87. The zero-order valence-electron chi connectivity index (χ0n) is 11.1. The average molecular weight is 250 g/mol. The zero-order chi connectivity index (χ0) is 13.1. The van der Waals surface area contributed by atoms with E-state index in [1.807, 2.05) is 11.0 Å². The second kappa shape index (κ2) is 5.52. The molecular formula is C13H22N4O. The van der Waals surface area contributed by atoms with Crippen LogP contribution in [0.5, 0.6) is 0 Å². The lowest BCUT2D eigenvalue weighted by Gasteiger charge is -2.34. The van der Waals surface area contributed by atoms with Crippen LogP contribution < -0.4 is 5.73 Å². The molecule has 1 aliphatic rings. The smallest absolute Gasteiger partial charge is 0.274 e. The highest BCUT2D eigenvalue weighted by atomic mass is 16.2. The van der Waals surface area contributed by atoms with Crippen LogP contribution in [-0.4, -0.2) is 40.1 Å². The number of nitrogens with zero attached hydrogens (tertiary/aromatic N) is 2. The van der Waals surface area contributed by atoms with Gasteiger partial charge < -0.3 is 10.6 Å². The summed E-state index contributed by atoms with van der Waals surface area (Å²) in [6.07, 6.45) is 3.22. The van der Waals surface area contributed by atoms with E-state index in [-0.39, 0.29) is 11.9 Å². The second-order valence-electron chi connectivity index (χ2n) is 5.25. The number of aromatic amines is 1. The van der Waals surface area contributed by atoms with Crippen LogP contribution in [0.1, 0.15) is 55.2 Å². The standard InChI is InChI=1S/C13H22N4O/c1-9(2)11-7-12(16-15-11)13(18)17-6-4-3-5-10(17)8-14/h7,9-10H,3-6,8,14H2,1-2H3,(H,15,16). The van der Waals surface area contributed by atoms with Crippen molar-refractivity contribution in [1.29, 1.82) is 0 Å². The third-order valence-corrected chi connectivity index (χ3v) is 3.60. The van der Waals surface area contributed by atoms with Gasteiger partial charge in [0, 0.05) is 24.8 Å². The number of aromatic nitrogens is 2.